The number of rotatable bonds is 6. The van der Waals surface area contributed by atoms with Gasteiger partial charge in [-0.05, 0) is 12.1 Å². The number of carbonyl (C=O) groups excluding carboxylic acids is 1. The highest BCUT2D eigenvalue weighted by atomic mass is 79.9. The van der Waals surface area contributed by atoms with Gasteiger partial charge in [0, 0.05) is 22.2 Å². The Morgan fingerprint density at radius 3 is 2.85 bits per heavy atom. The van der Waals surface area contributed by atoms with E-state index in [1.165, 1.54) is 0 Å². The second-order valence-electron chi connectivity index (χ2n) is 5.20. The van der Waals surface area contributed by atoms with Crippen molar-refractivity contribution in [3.8, 4) is 11.4 Å². The van der Waals surface area contributed by atoms with E-state index in [-0.39, 0.29) is 17.1 Å². The van der Waals surface area contributed by atoms with Crippen LogP contribution < -0.4 is 5.32 Å². The van der Waals surface area contributed by atoms with Crippen molar-refractivity contribution in [2.24, 2.45) is 0 Å². The molecule has 0 aliphatic rings. The number of H-pyrrole nitrogens is 1. The molecule has 2 N–H and O–H groups in total. The number of nitrogens with one attached hydrogen (secondary N) is 2. The lowest BCUT2D eigenvalue weighted by Gasteiger charge is -2.05. The van der Waals surface area contributed by atoms with Crippen LogP contribution in [0.5, 0.6) is 0 Å². The second kappa shape index (κ2) is 8.27. The average molecular weight is 452 g/mol. The SMILES string of the molecule is O=C(CSc1n[nH]c(-c2ccccc2Br)n1)Nc1cc([N+](=O)[O-])ccc1F. The summed E-state index contributed by atoms with van der Waals surface area (Å²) >= 11 is 4.47. The van der Waals surface area contributed by atoms with Gasteiger partial charge in [-0.15, -0.1) is 5.10 Å². The lowest BCUT2D eigenvalue weighted by molar-refractivity contribution is -0.384. The number of halogens is 2. The largest absolute Gasteiger partial charge is 0.323 e. The second-order valence-corrected chi connectivity index (χ2v) is 7.00. The number of anilines is 1. The van der Waals surface area contributed by atoms with Crippen molar-refractivity contribution in [3.63, 3.8) is 0 Å². The zero-order valence-electron chi connectivity index (χ0n) is 13.5. The van der Waals surface area contributed by atoms with Crippen LogP contribution in [-0.4, -0.2) is 31.8 Å². The first-order chi connectivity index (χ1) is 12.9. The summed E-state index contributed by atoms with van der Waals surface area (Å²) in [5.74, 6) is -0.843. The number of non-ortho nitro benzene ring substituents is 1. The third-order valence-electron chi connectivity index (χ3n) is 3.36. The van der Waals surface area contributed by atoms with E-state index in [1.807, 2.05) is 24.3 Å². The molecule has 0 aliphatic carbocycles. The molecule has 3 aromatic rings. The van der Waals surface area contributed by atoms with Gasteiger partial charge in [0.2, 0.25) is 11.1 Å². The molecular weight excluding hydrogens is 441 g/mol. The Hall–Kier alpha value is -2.79. The number of nitro benzene ring substituents is 1. The highest BCUT2D eigenvalue weighted by Crippen LogP contribution is 2.26. The molecule has 138 valence electrons. The fourth-order valence-electron chi connectivity index (χ4n) is 2.12. The minimum absolute atomic E-state index is 0.0879. The lowest BCUT2D eigenvalue weighted by atomic mass is 10.2. The number of benzene rings is 2. The first kappa shape index (κ1) is 19.0. The summed E-state index contributed by atoms with van der Waals surface area (Å²) in [4.78, 5) is 26.4. The van der Waals surface area contributed by atoms with Crippen molar-refractivity contribution >= 4 is 45.0 Å². The summed E-state index contributed by atoms with van der Waals surface area (Å²) in [6.45, 7) is 0. The lowest BCUT2D eigenvalue weighted by Crippen LogP contribution is -2.15. The zero-order chi connectivity index (χ0) is 19.4. The summed E-state index contributed by atoms with van der Waals surface area (Å²) in [5, 5.41) is 20.2. The third kappa shape index (κ3) is 4.68. The van der Waals surface area contributed by atoms with Crippen molar-refractivity contribution in [2.75, 3.05) is 11.1 Å². The maximum Gasteiger partial charge on any atom is 0.271 e. The van der Waals surface area contributed by atoms with Crippen molar-refractivity contribution in [2.45, 2.75) is 5.16 Å². The molecule has 0 saturated carbocycles. The quantitative estimate of drug-likeness (QED) is 0.332. The van der Waals surface area contributed by atoms with Crippen molar-refractivity contribution < 1.29 is 14.1 Å². The van der Waals surface area contributed by atoms with Gasteiger partial charge in [-0.25, -0.2) is 9.37 Å². The van der Waals surface area contributed by atoms with E-state index in [2.05, 4.69) is 36.4 Å². The molecule has 3 rings (SSSR count). The van der Waals surface area contributed by atoms with E-state index >= 15 is 0 Å². The van der Waals surface area contributed by atoms with E-state index in [0.29, 0.717) is 11.0 Å². The molecule has 0 saturated heterocycles. The summed E-state index contributed by atoms with van der Waals surface area (Å²) < 4.78 is 14.6. The van der Waals surface area contributed by atoms with Gasteiger partial charge in [-0.1, -0.05) is 45.9 Å². The topological polar surface area (TPSA) is 114 Å². The predicted molar refractivity (Wildman–Crippen MR) is 102 cm³/mol. The molecule has 0 spiro atoms. The molecule has 1 heterocycles. The average Bonchev–Trinajstić information content (AvgIpc) is 3.11. The minimum atomic E-state index is -0.756. The fourth-order valence-corrected chi connectivity index (χ4v) is 3.19. The van der Waals surface area contributed by atoms with Crippen LogP contribution in [0.4, 0.5) is 15.8 Å². The molecule has 2 aromatic carbocycles. The van der Waals surface area contributed by atoms with Gasteiger partial charge < -0.3 is 5.32 Å². The molecule has 11 heteroatoms. The number of carbonyl (C=O) groups is 1. The third-order valence-corrected chi connectivity index (χ3v) is 4.90. The number of hydrogen-bond donors (Lipinski definition) is 2. The minimum Gasteiger partial charge on any atom is -0.323 e. The van der Waals surface area contributed by atoms with E-state index in [0.717, 1.165) is 40.0 Å². The van der Waals surface area contributed by atoms with Crippen LogP contribution in [-0.2, 0) is 4.79 Å². The van der Waals surface area contributed by atoms with E-state index < -0.39 is 16.6 Å². The Bertz CT molecular complexity index is 1010. The van der Waals surface area contributed by atoms with Gasteiger partial charge in [-0.2, -0.15) is 0 Å². The maximum atomic E-state index is 13.7. The standard InChI is InChI=1S/C16H11BrFN5O3S/c17-11-4-2-1-3-10(11)15-20-16(22-21-15)27-8-14(24)19-13-7-9(23(25)26)5-6-12(13)18/h1-7H,8H2,(H,19,24)(H,20,21,22). The monoisotopic (exact) mass is 451 g/mol. The van der Waals surface area contributed by atoms with Gasteiger partial charge in [-0.3, -0.25) is 20.0 Å². The Morgan fingerprint density at radius 2 is 2.11 bits per heavy atom. The molecule has 8 nitrogen and oxygen atoms in total. The smallest absolute Gasteiger partial charge is 0.271 e. The first-order valence-electron chi connectivity index (χ1n) is 7.48. The molecule has 0 atom stereocenters. The number of hydrogen-bond acceptors (Lipinski definition) is 6. The predicted octanol–water partition coefficient (Wildman–Crippen LogP) is 4.01. The normalized spacial score (nSPS) is 10.6. The van der Waals surface area contributed by atoms with E-state index in [4.69, 9.17) is 0 Å². The maximum absolute atomic E-state index is 13.7. The van der Waals surface area contributed by atoms with Crippen LogP contribution in [0.25, 0.3) is 11.4 Å². The van der Waals surface area contributed by atoms with Crippen LogP contribution in [0.1, 0.15) is 0 Å². The summed E-state index contributed by atoms with van der Waals surface area (Å²) in [5.41, 5.74) is 0.255. The number of amides is 1. The molecular formula is C16H11BrFN5O3S. The van der Waals surface area contributed by atoms with Gasteiger partial charge in [0.05, 0.1) is 16.4 Å². The Morgan fingerprint density at radius 1 is 1.33 bits per heavy atom. The number of aromatic amines is 1. The molecule has 0 aliphatic heterocycles. The Labute approximate surface area is 164 Å². The highest BCUT2D eigenvalue weighted by molar-refractivity contribution is 9.10. The van der Waals surface area contributed by atoms with Crippen molar-refractivity contribution in [3.05, 3.63) is 62.9 Å². The van der Waals surface area contributed by atoms with Crippen LogP contribution in [0.2, 0.25) is 0 Å². The Kier molecular flexibility index (Phi) is 5.81. The van der Waals surface area contributed by atoms with Crippen LogP contribution in [0.15, 0.2) is 52.1 Å². The molecule has 27 heavy (non-hydrogen) atoms. The first-order valence-corrected chi connectivity index (χ1v) is 9.26. The van der Waals surface area contributed by atoms with E-state index in [9.17, 15) is 19.3 Å². The summed E-state index contributed by atoms with van der Waals surface area (Å²) in [6.07, 6.45) is 0. The zero-order valence-corrected chi connectivity index (χ0v) is 15.9. The van der Waals surface area contributed by atoms with Crippen LogP contribution >= 0.6 is 27.7 Å². The molecule has 0 fully saturated rings. The van der Waals surface area contributed by atoms with Crippen molar-refractivity contribution in [1.82, 2.24) is 15.2 Å². The molecule has 0 unspecified atom stereocenters. The molecule has 0 bridgehead atoms. The number of nitro groups is 1. The number of thioether (sulfide) groups is 1. The van der Waals surface area contributed by atoms with Crippen molar-refractivity contribution in [1.29, 1.82) is 0 Å². The number of nitrogens with zero attached hydrogens (tertiary/aromatic N) is 3. The van der Waals surface area contributed by atoms with Crippen LogP contribution in [0.3, 0.4) is 0 Å². The van der Waals surface area contributed by atoms with E-state index in [1.54, 1.807) is 0 Å². The van der Waals surface area contributed by atoms with Gasteiger partial charge in [0.1, 0.15) is 5.82 Å². The molecule has 1 amide bonds. The summed E-state index contributed by atoms with van der Waals surface area (Å²) in [6, 6.07) is 10.4. The fraction of sp³-hybridized carbons (Fsp3) is 0.0625. The van der Waals surface area contributed by atoms with Gasteiger partial charge in [0.25, 0.3) is 5.69 Å². The highest BCUT2D eigenvalue weighted by Gasteiger charge is 2.15. The summed E-state index contributed by atoms with van der Waals surface area (Å²) in [7, 11) is 0. The Balaban J connectivity index is 1.63. The molecule has 1 aromatic heterocycles. The number of aromatic nitrogens is 3. The van der Waals surface area contributed by atoms with Gasteiger partial charge in [0.15, 0.2) is 5.82 Å². The molecule has 0 radical (unpaired) electrons. The van der Waals surface area contributed by atoms with Gasteiger partial charge >= 0.3 is 0 Å². The van der Waals surface area contributed by atoms with Crippen LogP contribution in [0, 0.1) is 15.9 Å².